The lowest BCUT2D eigenvalue weighted by Crippen LogP contribution is -2.38. The van der Waals surface area contributed by atoms with Crippen molar-refractivity contribution in [2.75, 3.05) is 26.4 Å². The van der Waals surface area contributed by atoms with Gasteiger partial charge in [-0.3, -0.25) is 4.79 Å². The number of aliphatic hydroxyl groups is 1. The molecule has 1 aliphatic rings. The molecule has 116 valence electrons. The molecule has 0 saturated carbocycles. The van der Waals surface area contributed by atoms with Crippen molar-refractivity contribution in [3.05, 3.63) is 29.8 Å². The number of carbonyl (C=O) groups is 1. The van der Waals surface area contributed by atoms with Crippen molar-refractivity contribution in [1.29, 1.82) is 0 Å². The fourth-order valence-corrected chi connectivity index (χ4v) is 2.49. The highest BCUT2D eigenvalue weighted by Gasteiger charge is 2.29. The van der Waals surface area contributed by atoms with Gasteiger partial charge in [0.15, 0.2) is 0 Å². The van der Waals surface area contributed by atoms with E-state index in [9.17, 15) is 9.90 Å². The maximum atomic E-state index is 12.4. The molecular weight excluding hydrogens is 270 g/mol. The predicted molar refractivity (Wildman–Crippen MR) is 79.2 cm³/mol. The zero-order valence-electron chi connectivity index (χ0n) is 12.6. The van der Waals surface area contributed by atoms with E-state index >= 15 is 0 Å². The van der Waals surface area contributed by atoms with Gasteiger partial charge in [0.2, 0.25) is 5.91 Å². The van der Waals surface area contributed by atoms with Crippen molar-refractivity contribution in [2.24, 2.45) is 0 Å². The first-order valence-corrected chi connectivity index (χ1v) is 7.37. The Balaban J connectivity index is 2.10. The second kappa shape index (κ2) is 7.43. The van der Waals surface area contributed by atoms with Crippen LogP contribution in [0.2, 0.25) is 0 Å². The summed E-state index contributed by atoms with van der Waals surface area (Å²) in [6.45, 7) is 5.07. The van der Waals surface area contributed by atoms with Crippen LogP contribution in [0.5, 0.6) is 5.75 Å². The normalized spacial score (nSPS) is 18.1. The van der Waals surface area contributed by atoms with Crippen LogP contribution in [0.4, 0.5) is 0 Å². The minimum Gasteiger partial charge on any atom is -0.491 e. The molecule has 1 amide bonds. The van der Waals surface area contributed by atoms with Gasteiger partial charge in [-0.05, 0) is 19.9 Å². The van der Waals surface area contributed by atoms with E-state index in [-0.39, 0.29) is 24.7 Å². The molecule has 1 aromatic carbocycles. The summed E-state index contributed by atoms with van der Waals surface area (Å²) < 4.78 is 11.1. The molecule has 1 N–H and O–H groups in total. The van der Waals surface area contributed by atoms with E-state index in [0.717, 1.165) is 11.3 Å². The fraction of sp³-hybridized carbons (Fsp3) is 0.562. The molecule has 5 heteroatoms. The van der Waals surface area contributed by atoms with E-state index in [1.165, 1.54) is 0 Å². The number of carbonyl (C=O) groups excluding carboxylic acids is 1. The highest BCUT2D eigenvalue weighted by molar-refractivity contribution is 5.77. The molecule has 0 aliphatic carbocycles. The lowest BCUT2D eigenvalue weighted by molar-refractivity contribution is -0.136. The number of rotatable bonds is 5. The van der Waals surface area contributed by atoms with Crippen LogP contribution in [0.15, 0.2) is 24.3 Å². The monoisotopic (exact) mass is 293 g/mol. The molecule has 1 atom stereocenters. The SMILES string of the molecule is CC(C)OCCC(=O)N1CCOc2ccccc2C1CO. The molecule has 1 aliphatic heterocycles. The molecule has 0 fully saturated rings. The molecule has 1 unspecified atom stereocenters. The zero-order chi connectivity index (χ0) is 15.2. The second-order valence-corrected chi connectivity index (χ2v) is 5.34. The average Bonchev–Trinajstić information content (AvgIpc) is 2.65. The number of amides is 1. The van der Waals surface area contributed by atoms with Crippen LogP contribution in [0.1, 0.15) is 31.9 Å². The first kappa shape index (κ1) is 15.8. The minimum atomic E-state index is -0.352. The van der Waals surface area contributed by atoms with Crippen LogP contribution in [0, 0.1) is 0 Å². The number of nitrogens with zero attached hydrogens (tertiary/aromatic N) is 1. The lowest BCUT2D eigenvalue weighted by Gasteiger charge is -2.28. The minimum absolute atomic E-state index is 0.0185. The lowest BCUT2D eigenvalue weighted by atomic mass is 10.0. The number of aliphatic hydroxyl groups excluding tert-OH is 1. The molecule has 21 heavy (non-hydrogen) atoms. The topological polar surface area (TPSA) is 59.0 Å². The highest BCUT2D eigenvalue weighted by atomic mass is 16.5. The standard InChI is InChI=1S/C16H23NO4/c1-12(2)20-9-7-16(19)17-8-10-21-15-6-4-3-5-13(15)14(17)11-18/h3-6,12,14,18H,7-11H2,1-2H3. The van der Waals surface area contributed by atoms with Gasteiger partial charge in [0.1, 0.15) is 12.4 Å². The number of benzene rings is 1. The van der Waals surface area contributed by atoms with Crippen molar-refractivity contribution in [2.45, 2.75) is 32.4 Å². The van der Waals surface area contributed by atoms with Crippen LogP contribution in [0.25, 0.3) is 0 Å². The third-order valence-corrected chi connectivity index (χ3v) is 3.50. The Morgan fingerprint density at radius 1 is 1.48 bits per heavy atom. The summed E-state index contributed by atoms with van der Waals surface area (Å²) in [7, 11) is 0. The molecule has 0 aromatic heterocycles. The molecule has 0 radical (unpaired) electrons. The van der Waals surface area contributed by atoms with Crippen molar-refractivity contribution in [3.63, 3.8) is 0 Å². The summed E-state index contributed by atoms with van der Waals surface area (Å²) in [5.41, 5.74) is 0.857. The van der Waals surface area contributed by atoms with E-state index in [1.807, 2.05) is 38.1 Å². The van der Waals surface area contributed by atoms with Crippen molar-refractivity contribution in [3.8, 4) is 5.75 Å². The Morgan fingerprint density at radius 3 is 2.95 bits per heavy atom. The van der Waals surface area contributed by atoms with Gasteiger partial charge in [-0.1, -0.05) is 18.2 Å². The fourth-order valence-electron chi connectivity index (χ4n) is 2.49. The van der Waals surface area contributed by atoms with Crippen molar-refractivity contribution in [1.82, 2.24) is 4.90 Å². The maximum absolute atomic E-state index is 12.4. The Morgan fingerprint density at radius 2 is 2.24 bits per heavy atom. The molecule has 0 saturated heterocycles. The molecular formula is C16H23NO4. The summed E-state index contributed by atoms with van der Waals surface area (Å²) in [4.78, 5) is 14.1. The number of ether oxygens (including phenoxy) is 2. The number of para-hydroxylation sites is 1. The third-order valence-electron chi connectivity index (χ3n) is 3.50. The predicted octanol–water partition coefficient (Wildman–Crippen LogP) is 1.76. The summed E-state index contributed by atoms with van der Waals surface area (Å²) in [6, 6.07) is 7.19. The maximum Gasteiger partial charge on any atom is 0.225 e. The van der Waals surface area contributed by atoms with Gasteiger partial charge in [0.25, 0.3) is 0 Å². The van der Waals surface area contributed by atoms with E-state index in [4.69, 9.17) is 9.47 Å². The molecule has 5 nitrogen and oxygen atoms in total. The van der Waals surface area contributed by atoms with Crippen molar-refractivity contribution >= 4 is 5.91 Å². The van der Waals surface area contributed by atoms with Gasteiger partial charge >= 0.3 is 0 Å². The van der Waals surface area contributed by atoms with Crippen LogP contribution in [-0.4, -0.2) is 48.4 Å². The summed E-state index contributed by atoms with van der Waals surface area (Å²) in [5.74, 6) is 0.722. The van der Waals surface area contributed by atoms with Gasteiger partial charge in [0, 0.05) is 5.56 Å². The second-order valence-electron chi connectivity index (χ2n) is 5.34. The molecule has 0 bridgehead atoms. The first-order chi connectivity index (χ1) is 10.1. The van der Waals surface area contributed by atoms with Crippen LogP contribution >= 0.6 is 0 Å². The zero-order valence-corrected chi connectivity index (χ0v) is 12.6. The number of hydrogen-bond donors (Lipinski definition) is 1. The quantitative estimate of drug-likeness (QED) is 0.898. The van der Waals surface area contributed by atoms with E-state index in [2.05, 4.69) is 0 Å². The van der Waals surface area contributed by atoms with Crippen LogP contribution < -0.4 is 4.74 Å². The number of hydrogen-bond acceptors (Lipinski definition) is 4. The van der Waals surface area contributed by atoms with Gasteiger partial charge in [-0.15, -0.1) is 0 Å². The largest absolute Gasteiger partial charge is 0.491 e. The summed E-state index contributed by atoms with van der Waals surface area (Å²) in [5, 5.41) is 9.72. The first-order valence-electron chi connectivity index (χ1n) is 7.37. The van der Waals surface area contributed by atoms with Crippen molar-refractivity contribution < 1.29 is 19.4 Å². The third kappa shape index (κ3) is 3.95. The van der Waals surface area contributed by atoms with Crippen LogP contribution in [-0.2, 0) is 9.53 Å². The Bertz CT molecular complexity index is 475. The van der Waals surface area contributed by atoms with Gasteiger partial charge in [-0.25, -0.2) is 0 Å². The van der Waals surface area contributed by atoms with Gasteiger partial charge in [0.05, 0.1) is 38.3 Å². The van der Waals surface area contributed by atoms with Crippen LogP contribution in [0.3, 0.4) is 0 Å². The molecule has 1 heterocycles. The Kier molecular flexibility index (Phi) is 5.59. The number of fused-ring (bicyclic) bond motifs is 1. The Labute approximate surface area is 125 Å². The molecule has 2 rings (SSSR count). The van der Waals surface area contributed by atoms with E-state index < -0.39 is 0 Å². The average molecular weight is 293 g/mol. The summed E-state index contributed by atoms with van der Waals surface area (Å²) in [6.07, 6.45) is 0.427. The van der Waals surface area contributed by atoms with Gasteiger partial charge < -0.3 is 19.5 Å². The summed E-state index contributed by atoms with van der Waals surface area (Å²) >= 11 is 0. The van der Waals surface area contributed by atoms with Gasteiger partial charge in [-0.2, -0.15) is 0 Å². The smallest absolute Gasteiger partial charge is 0.225 e. The molecule has 1 aromatic rings. The van der Waals surface area contributed by atoms with E-state index in [1.54, 1.807) is 4.90 Å². The molecule has 0 spiro atoms. The highest BCUT2D eigenvalue weighted by Crippen LogP contribution is 2.31. The Hall–Kier alpha value is -1.59. The van der Waals surface area contributed by atoms with E-state index in [0.29, 0.717) is 26.2 Å².